The zero-order valence-corrected chi connectivity index (χ0v) is 12.4. The molecule has 7 heteroatoms. The highest BCUT2D eigenvalue weighted by atomic mass is 19.4. The predicted octanol–water partition coefficient (Wildman–Crippen LogP) is 2.29. The third-order valence-corrected chi connectivity index (χ3v) is 3.55. The molecule has 4 nitrogen and oxygen atoms in total. The number of carbonyl (C=O) groups is 1. The molecule has 0 bridgehead atoms. The Bertz CT molecular complexity index is 495. The summed E-state index contributed by atoms with van der Waals surface area (Å²) in [6.07, 6.45) is -4.32. The molecule has 0 saturated carbocycles. The van der Waals surface area contributed by atoms with E-state index in [4.69, 9.17) is 0 Å². The first-order valence-electron chi connectivity index (χ1n) is 7.10. The summed E-state index contributed by atoms with van der Waals surface area (Å²) in [6.45, 7) is 4.02. The van der Waals surface area contributed by atoms with Gasteiger partial charge in [-0.3, -0.25) is 9.69 Å². The highest BCUT2D eigenvalue weighted by Crippen LogP contribution is 2.19. The van der Waals surface area contributed by atoms with Gasteiger partial charge in [-0.2, -0.15) is 13.2 Å². The summed E-state index contributed by atoms with van der Waals surface area (Å²) in [5.74, 6) is 0.299. The average Bonchev–Trinajstić information content (AvgIpc) is 2.46. The molecule has 0 aromatic heterocycles. The Balaban J connectivity index is 1.81. The summed E-state index contributed by atoms with van der Waals surface area (Å²) in [5, 5.41) is 0. The van der Waals surface area contributed by atoms with E-state index in [9.17, 15) is 18.0 Å². The third kappa shape index (κ3) is 5.22. The number of piperazine rings is 1. The van der Waals surface area contributed by atoms with Gasteiger partial charge in [0.1, 0.15) is 5.75 Å². The summed E-state index contributed by atoms with van der Waals surface area (Å²) in [4.78, 5) is 15.3. The molecule has 0 aliphatic carbocycles. The molecular formula is C15H19F3N2O2. The first-order valence-corrected chi connectivity index (χ1v) is 7.10. The lowest BCUT2D eigenvalue weighted by atomic mass is 10.2. The van der Waals surface area contributed by atoms with Crippen molar-refractivity contribution in [2.75, 3.05) is 32.8 Å². The number of alkyl halides is 3. The molecular weight excluding hydrogens is 297 g/mol. The van der Waals surface area contributed by atoms with E-state index < -0.39 is 12.8 Å². The van der Waals surface area contributed by atoms with Gasteiger partial charge in [-0.15, -0.1) is 0 Å². The summed E-state index contributed by atoms with van der Waals surface area (Å²) in [6, 6.07) is 6.63. The Morgan fingerprint density at radius 1 is 1.14 bits per heavy atom. The Morgan fingerprint density at radius 2 is 1.73 bits per heavy atom. The second-order valence-corrected chi connectivity index (χ2v) is 5.33. The van der Waals surface area contributed by atoms with Gasteiger partial charge < -0.3 is 9.64 Å². The summed E-state index contributed by atoms with van der Waals surface area (Å²) >= 11 is 0. The van der Waals surface area contributed by atoms with Gasteiger partial charge >= 0.3 is 6.18 Å². The van der Waals surface area contributed by atoms with E-state index in [-0.39, 0.29) is 11.7 Å². The molecule has 2 rings (SSSR count). The number of benzene rings is 1. The predicted molar refractivity (Wildman–Crippen MR) is 75.5 cm³/mol. The third-order valence-electron chi connectivity index (χ3n) is 3.55. The molecule has 22 heavy (non-hydrogen) atoms. The molecule has 0 unspecified atom stereocenters. The maximum absolute atomic E-state index is 12.1. The largest absolute Gasteiger partial charge is 0.484 e. The van der Waals surface area contributed by atoms with Crippen LogP contribution >= 0.6 is 0 Å². The van der Waals surface area contributed by atoms with Crippen molar-refractivity contribution < 1.29 is 22.7 Å². The van der Waals surface area contributed by atoms with E-state index in [1.807, 2.05) is 4.90 Å². The number of amides is 1. The van der Waals surface area contributed by atoms with Crippen molar-refractivity contribution in [3.63, 3.8) is 0 Å². The lowest BCUT2D eigenvalue weighted by Crippen LogP contribution is -2.47. The van der Waals surface area contributed by atoms with Gasteiger partial charge in [-0.05, 0) is 17.7 Å². The fourth-order valence-electron chi connectivity index (χ4n) is 2.34. The lowest BCUT2D eigenvalue weighted by molar-refractivity contribution is -0.153. The van der Waals surface area contributed by atoms with Crippen LogP contribution in [0.3, 0.4) is 0 Å². The molecule has 1 aliphatic heterocycles. The Kier molecular flexibility index (Phi) is 5.28. The average molecular weight is 316 g/mol. The van der Waals surface area contributed by atoms with E-state index in [2.05, 4.69) is 9.64 Å². The van der Waals surface area contributed by atoms with E-state index in [1.165, 1.54) is 0 Å². The SMILES string of the molecule is CC(=O)N1CCN(Cc2ccc(OCC(F)(F)F)cc2)CC1. The van der Waals surface area contributed by atoms with E-state index in [0.717, 1.165) is 18.7 Å². The standard InChI is InChI=1S/C15H19F3N2O2/c1-12(21)20-8-6-19(7-9-20)10-13-2-4-14(5-3-13)22-11-15(16,17)18/h2-5H,6-11H2,1H3. The van der Waals surface area contributed by atoms with E-state index in [1.54, 1.807) is 31.2 Å². The second-order valence-electron chi connectivity index (χ2n) is 5.33. The van der Waals surface area contributed by atoms with Gasteiger partial charge in [-0.1, -0.05) is 12.1 Å². The van der Waals surface area contributed by atoms with Crippen LogP contribution in [-0.2, 0) is 11.3 Å². The van der Waals surface area contributed by atoms with Gasteiger partial charge in [0.25, 0.3) is 0 Å². The van der Waals surface area contributed by atoms with Crippen LogP contribution in [0, 0.1) is 0 Å². The van der Waals surface area contributed by atoms with Crippen molar-refractivity contribution in [2.24, 2.45) is 0 Å². The first kappa shape index (κ1) is 16.6. The summed E-state index contributed by atoms with van der Waals surface area (Å²) in [7, 11) is 0. The van der Waals surface area contributed by atoms with E-state index >= 15 is 0 Å². The van der Waals surface area contributed by atoms with Crippen molar-refractivity contribution >= 4 is 5.91 Å². The Morgan fingerprint density at radius 3 is 2.23 bits per heavy atom. The van der Waals surface area contributed by atoms with Gasteiger partial charge in [-0.25, -0.2) is 0 Å². The highest BCUT2D eigenvalue weighted by Gasteiger charge is 2.28. The van der Waals surface area contributed by atoms with Crippen molar-refractivity contribution in [2.45, 2.75) is 19.6 Å². The number of hydrogen-bond acceptors (Lipinski definition) is 3. The number of hydrogen-bond donors (Lipinski definition) is 0. The fourth-order valence-corrected chi connectivity index (χ4v) is 2.34. The lowest BCUT2D eigenvalue weighted by Gasteiger charge is -2.34. The molecule has 122 valence electrons. The topological polar surface area (TPSA) is 32.8 Å². The van der Waals surface area contributed by atoms with Crippen LogP contribution in [0.5, 0.6) is 5.75 Å². The molecule has 1 aliphatic rings. The number of nitrogens with zero attached hydrogens (tertiary/aromatic N) is 2. The number of halogens is 3. The monoisotopic (exact) mass is 316 g/mol. The molecule has 0 spiro atoms. The minimum Gasteiger partial charge on any atom is -0.484 e. The minimum absolute atomic E-state index is 0.0887. The zero-order valence-electron chi connectivity index (χ0n) is 12.4. The van der Waals surface area contributed by atoms with Gasteiger partial charge in [0, 0.05) is 39.6 Å². The molecule has 0 atom stereocenters. The number of rotatable bonds is 4. The van der Waals surface area contributed by atoms with Crippen LogP contribution in [0.1, 0.15) is 12.5 Å². The van der Waals surface area contributed by atoms with Gasteiger partial charge in [0.15, 0.2) is 6.61 Å². The Hall–Kier alpha value is -1.76. The summed E-state index contributed by atoms with van der Waals surface area (Å²) in [5.41, 5.74) is 1.01. The maximum Gasteiger partial charge on any atom is 0.422 e. The van der Waals surface area contributed by atoms with Crippen LogP contribution in [-0.4, -0.2) is 54.7 Å². The fraction of sp³-hybridized carbons (Fsp3) is 0.533. The normalized spacial score (nSPS) is 16.6. The van der Waals surface area contributed by atoms with Gasteiger partial charge in [0.05, 0.1) is 0 Å². The molecule has 0 radical (unpaired) electrons. The Labute approximate surface area is 127 Å². The van der Waals surface area contributed by atoms with Crippen molar-refractivity contribution in [1.82, 2.24) is 9.80 Å². The van der Waals surface area contributed by atoms with Crippen LogP contribution in [0.4, 0.5) is 13.2 Å². The smallest absolute Gasteiger partial charge is 0.422 e. The van der Waals surface area contributed by atoms with Crippen LogP contribution < -0.4 is 4.74 Å². The molecule has 0 N–H and O–H groups in total. The molecule has 1 aromatic carbocycles. The number of ether oxygens (including phenoxy) is 1. The first-order chi connectivity index (χ1) is 10.3. The minimum atomic E-state index is -4.32. The van der Waals surface area contributed by atoms with Crippen LogP contribution in [0.2, 0.25) is 0 Å². The molecule has 1 amide bonds. The number of carbonyl (C=O) groups excluding carboxylic acids is 1. The quantitative estimate of drug-likeness (QED) is 0.854. The highest BCUT2D eigenvalue weighted by molar-refractivity contribution is 5.73. The molecule has 1 aromatic rings. The van der Waals surface area contributed by atoms with E-state index in [0.29, 0.717) is 19.6 Å². The van der Waals surface area contributed by atoms with Crippen LogP contribution in [0.15, 0.2) is 24.3 Å². The molecule has 1 fully saturated rings. The molecule has 1 saturated heterocycles. The zero-order chi connectivity index (χ0) is 16.2. The molecule has 1 heterocycles. The summed E-state index contributed by atoms with van der Waals surface area (Å²) < 4.78 is 40.8. The van der Waals surface area contributed by atoms with Crippen molar-refractivity contribution in [1.29, 1.82) is 0 Å². The van der Waals surface area contributed by atoms with Crippen molar-refractivity contribution in [3.8, 4) is 5.75 Å². The van der Waals surface area contributed by atoms with Crippen LogP contribution in [0.25, 0.3) is 0 Å². The van der Waals surface area contributed by atoms with Gasteiger partial charge in [0.2, 0.25) is 5.91 Å². The second kappa shape index (κ2) is 7.00. The maximum atomic E-state index is 12.1. The van der Waals surface area contributed by atoms with Crippen molar-refractivity contribution in [3.05, 3.63) is 29.8 Å².